The summed E-state index contributed by atoms with van der Waals surface area (Å²) >= 11 is 0. The average molecular weight is 1250 g/mol. The largest absolute Gasteiger partial charge is 0.457 e. The van der Waals surface area contributed by atoms with Gasteiger partial charge in [-0.3, -0.25) is 36.8 Å². The van der Waals surface area contributed by atoms with E-state index in [4.69, 9.17) is 47.3 Å². The topological polar surface area (TPSA) is 187 Å². The van der Waals surface area contributed by atoms with E-state index in [1.165, 1.54) is 10.9 Å². The molecule has 0 amide bonds. The van der Waals surface area contributed by atoms with E-state index in [-0.39, 0.29) is 63.1 Å². The van der Waals surface area contributed by atoms with Gasteiger partial charge in [0.25, 0.3) is 5.56 Å². The molecule has 460 valence electrons. The summed E-state index contributed by atoms with van der Waals surface area (Å²) in [6, 6.07) is 75.3. The summed E-state index contributed by atoms with van der Waals surface area (Å²) in [6.45, 7) is 1.15. The number of hydrogen-bond donors (Lipinski definition) is 0. The number of hydrogen-bond acceptors (Lipinski definition) is 14. The molecule has 1 fully saturated rings. The Labute approximate surface area is 523 Å². The van der Waals surface area contributed by atoms with Crippen molar-refractivity contribution < 1.29 is 46.2 Å². The lowest BCUT2D eigenvalue weighted by atomic mass is 10.1. The van der Waals surface area contributed by atoms with E-state index in [2.05, 4.69) is 0 Å². The minimum absolute atomic E-state index is 0.000328. The number of esters is 1. The zero-order valence-electron chi connectivity index (χ0n) is 49.6. The molecule has 8 aromatic carbocycles. The smallest absolute Gasteiger partial charge is 0.418 e. The summed E-state index contributed by atoms with van der Waals surface area (Å²) in [5, 5.41) is 0. The lowest BCUT2D eigenvalue weighted by Crippen LogP contribution is -2.40. The number of fused-ring (bicyclic) bond motifs is 1. The van der Waals surface area contributed by atoms with Crippen LogP contribution in [0.3, 0.4) is 0 Å². The number of aliphatic imine (C=N–C) groups is 1. The summed E-state index contributed by atoms with van der Waals surface area (Å²) in [6.07, 6.45) is -1.91. The van der Waals surface area contributed by atoms with Crippen molar-refractivity contribution in [2.45, 2.75) is 90.5 Å². The van der Waals surface area contributed by atoms with Gasteiger partial charge in [-0.25, -0.2) is 19.1 Å². The molecule has 1 aliphatic heterocycles. The molecular formula is C70H69N7O11P2. The van der Waals surface area contributed by atoms with Gasteiger partial charge in [-0.2, -0.15) is 4.98 Å². The maximum atomic E-state index is 16.6. The Morgan fingerprint density at radius 2 is 0.956 bits per heavy atom. The third-order valence-corrected chi connectivity index (χ3v) is 19.5. The molecule has 90 heavy (non-hydrogen) atoms. The fraction of sp³-hybridized carbons (Fsp3) is 0.214. The van der Waals surface area contributed by atoms with E-state index < -0.39 is 58.2 Å². The molecule has 0 bridgehead atoms. The summed E-state index contributed by atoms with van der Waals surface area (Å²) in [5.74, 6) is -0.532. The van der Waals surface area contributed by atoms with E-state index in [0.29, 0.717) is 35.3 Å². The highest BCUT2D eigenvalue weighted by Gasteiger charge is 2.53. The Hall–Kier alpha value is -8.77. The van der Waals surface area contributed by atoms with Crippen molar-refractivity contribution in [2.75, 3.05) is 6.61 Å². The molecule has 1 unspecified atom stereocenters. The Morgan fingerprint density at radius 3 is 1.41 bits per heavy atom. The van der Waals surface area contributed by atoms with Gasteiger partial charge in [-0.15, -0.1) is 4.44 Å². The van der Waals surface area contributed by atoms with Crippen molar-refractivity contribution in [1.82, 2.24) is 28.4 Å². The van der Waals surface area contributed by atoms with Crippen molar-refractivity contribution in [2.24, 2.45) is 4.99 Å². The Bertz CT molecular complexity index is 3980. The van der Waals surface area contributed by atoms with Crippen LogP contribution < -0.4 is 5.56 Å². The third-order valence-electron chi connectivity index (χ3n) is 14.9. The van der Waals surface area contributed by atoms with Crippen LogP contribution in [0.25, 0.3) is 11.2 Å². The molecular weight excluding hydrogens is 1180 g/mol. The minimum Gasteiger partial charge on any atom is -0.457 e. The summed E-state index contributed by atoms with van der Waals surface area (Å²) in [5.41, 5.74) is 5.84. The first-order valence-electron chi connectivity index (χ1n) is 29.7. The van der Waals surface area contributed by atoms with Crippen LogP contribution >= 0.6 is 15.5 Å². The van der Waals surface area contributed by atoms with Crippen molar-refractivity contribution in [3.05, 3.63) is 304 Å². The molecule has 3 heterocycles. The van der Waals surface area contributed by atoms with Gasteiger partial charge in [0.15, 0.2) is 23.5 Å². The number of nitrogens with zero attached hydrogens (tertiary/aromatic N) is 7. The van der Waals surface area contributed by atoms with Gasteiger partial charge in [-0.05, 0) is 44.5 Å². The maximum absolute atomic E-state index is 16.6. The second-order valence-electron chi connectivity index (χ2n) is 21.4. The minimum atomic E-state index is -4.99. The highest BCUT2D eigenvalue weighted by atomic mass is 31.3. The van der Waals surface area contributed by atoms with Crippen LogP contribution in [0.1, 0.15) is 64.1 Å². The molecule has 18 nitrogen and oxygen atoms in total. The second-order valence-corrected chi connectivity index (χ2v) is 25.6. The molecule has 11 rings (SSSR count). The number of rotatable bonds is 30. The monoisotopic (exact) mass is 1250 g/mol. The van der Waals surface area contributed by atoms with Crippen molar-refractivity contribution >= 4 is 44.9 Å². The van der Waals surface area contributed by atoms with E-state index in [1.807, 2.05) is 211 Å². The van der Waals surface area contributed by atoms with Gasteiger partial charge in [0.2, 0.25) is 5.95 Å². The Morgan fingerprint density at radius 1 is 0.544 bits per heavy atom. The lowest BCUT2D eigenvalue weighted by Gasteiger charge is -2.35. The van der Waals surface area contributed by atoms with Gasteiger partial charge in [0.05, 0.1) is 52.2 Å². The molecule has 0 radical (unpaired) electrons. The zero-order valence-corrected chi connectivity index (χ0v) is 51.4. The SMILES string of the molecule is CCC(=O)O[C@H]1[C@@H](OCc2ccccc2)[C@H](n2cnc3c(=O)n(Cc4ccccc4)c(/N=C/N(Cc4ccccc4)Cc4ccccc4)nc32)O[C@@H]1COP(=O)(OCc1ccccc1)N(Cc1ccccc1)P(=O)(OCc1ccccc1)OCc1ccccc1. The first-order chi connectivity index (χ1) is 44.1. The molecule has 20 heteroatoms. The van der Waals surface area contributed by atoms with E-state index in [9.17, 15) is 4.79 Å². The van der Waals surface area contributed by atoms with E-state index >= 15 is 13.9 Å². The average Bonchev–Trinajstić information content (AvgIpc) is 1.55. The number of ether oxygens (including phenoxy) is 3. The highest BCUT2D eigenvalue weighted by molar-refractivity contribution is 7.66. The predicted octanol–water partition coefficient (Wildman–Crippen LogP) is 14.2. The fourth-order valence-corrected chi connectivity index (χ4v) is 14.6. The molecule has 0 N–H and O–H groups in total. The normalized spacial score (nSPS) is 16.6. The first kappa shape index (κ1) is 62.8. The molecule has 1 aliphatic rings. The van der Waals surface area contributed by atoms with Crippen LogP contribution in [0.2, 0.25) is 0 Å². The third kappa shape index (κ3) is 16.3. The standard InChI is InChI=1S/C70H69N7O11P2/c1-2-63(78)88-65-62(51-86-90(81,85-50-61-41-25-10-26-42-61)77(46-57-33-17-6-18-34-57)89(80,83-48-59-37-21-8-22-38-59)84-49-60-39-23-9-24-40-60)87-69(66(65)82-47-58-35-19-7-20-36-58)76-53-71-64-67(76)73-70(75(68(64)79)45-56-31-15-5-16-32-56)72-52-74(43-54-27-11-3-12-28-54)44-55-29-13-4-14-30-55/h3-42,52-53,62,65-66,69H,2,43-51H2,1H3/b72-52+/t62-,65-,66-,69-,90?/m1/s1. The predicted molar refractivity (Wildman–Crippen MR) is 344 cm³/mol. The molecule has 0 saturated carbocycles. The van der Waals surface area contributed by atoms with Crippen LogP contribution in [0, 0.1) is 0 Å². The van der Waals surface area contributed by atoms with E-state index in [1.54, 1.807) is 54.2 Å². The maximum Gasteiger partial charge on any atom is 0.418 e. The van der Waals surface area contributed by atoms with Gasteiger partial charge >= 0.3 is 21.5 Å². The number of aromatic nitrogens is 4. The second kappa shape index (κ2) is 30.6. The quantitative estimate of drug-likeness (QED) is 0.0179. The van der Waals surface area contributed by atoms with Gasteiger partial charge in [0, 0.05) is 26.1 Å². The van der Waals surface area contributed by atoms with Crippen LogP contribution in [0.15, 0.2) is 259 Å². The van der Waals surface area contributed by atoms with Crippen LogP contribution in [-0.4, -0.2) is 65.7 Å². The number of imidazole rings is 1. The van der Waals surface area contributed by atoms with Crippen molar-refractivity contribution in [1.29, 1.82) is 0 Å². The molecule has 0 aliphatic carbocycles. The molecule has 2 aromatic heterocycles. The van der Waals surface area contributed by atoms with Crippen LogP contribution in [0.4, 0.5) is 5.95 Å². The molecule has 5 atom stereocenters. The van der Waals surface area contributed by atoms with Crippen molar-refractivity contribution in [3.8, 4) is 0 Å². The Kier molecular flexibility index (Phi) is 21.4. The highest BCUT2D eigenvalue weighted by Crippen LogP contribution is 2.70. The van der Waals surface area contributed by atoms with Gasteiger partial charge < -0.3 is 19.1 Å². The zero-order chi connectivity index (χ0) is 62.0. The number of benzene rings is 8. The molecule has 1 saturated heterocycles. The summed E-state index contributed by atoms with van der Waals surface area (Å²) in [4.78, 5) is 45.9. The number of carbonyl (C=O) groups is 1. The Balaban J connectivity index is 1.01. The molecule has 0 spiro atoms. The number of carbonyl (C=O) groups excluding carboxylic acids is 1. The summed E-state index contributed by atoms with van der Waals surface area (Å²) < 4.78 is 83.2. The van der Waals surface area contributed by atoms with Gasteiger partial charge in [0.1, 0.15) is 12.2 Å². The lowest BCUT2D eigenvalue weighted by molar-refractivity contribution is -0.158. The first-order valence-corrected chi connectivity index (χ1v) is 32.7. The van der Waals surface area contributed by atoms with Crippen LogP contribution in [0.5, 0.6) is 0 Å². The van der Waals surface area contributed by atoms with Gasteiger partial charge in [-0.1, -0.05) is 250 Å². The van der Waals surface area contributed by atoms with Crippen molar-refractivity contribution in [3.63, 3.8) is 0 Å². The fourth-order valence-electron chi connectivity index (χ4n) is 10.2. The molecule has 10 aromatic rings. The van der Waals surface area contributed by atoms with Crippen LogP contribution in [-0.2, 0) is 98.8 Å². The summed E-state index contributed by atoms with van der Waals surface area (Å²) in [7, 11) is -9.78. The van der Waals surface area contributed by atoms with E-state index in [0.717, 1.165) is 26.7 Å².